The van der Waals surface area contributed by atoms with Crippen LogP contribution in [0.2, 0.25) is 0 Å². The van der Waals surface area contributed by atoms with E-state index < -0.39 is 0 Å². The minimum atomic E-state index is 0.558. The molecular formula is C14H18N2. The quantitative estimate of drug-likeness (QED) is 0.846. The molecule has 0 radical (unpaired) electrons. The summed E-state index contributed by atoms with van der Waals surface area (Å²) in [6.07, 6.45) is 2.91. The van der Waals surface area contributed by atoms with Crippen LogP contribution in [0, 0.1) is 0 Å². The minimum absolute atomic E-state index is 0.558. The molecule has 2 heteroatoms. The van der Waals surface area contributed by atoms with Crippen molar-refractivity contribution in [2.45, 2.75) is 26.3 Å². The maximum absolute atomic E-state index is 4.32. The number of pyridine rings is 1. The lowest BCUT2D eigenvalue weighted by Crippen LogP contribution is -2.24. The Morgan fingerprint density at radius 3 is 2.94 bits per heavy atom. The van der Waals surface area contributed by atoms with E-state index >= 15 is 0 Å². The first-order valence-electron chi connectivity index (χ1n) is 5.83. The first-order chi connectivity index (χ1) is 7.75. The van der Waals surface area contributed by atoms with Gasteiger partial charge in [0.05, 0.1) is 5.52 Å². The Bertz CT molecular complexity index is 463. The molecule has 1 aromatic carbocycles. The van der Waals surface area contributed by atoms with Gasteiger partial charge in [-0.3, -0.25) is 4.98 Å². The van der Waals surface area contributed by atoms with Crippen LogP contribution in [-0.4, -0.2) is 17.6 Å². The van der Waals surface area contributed by atoms with Crippen molar-refractivity contribution in [3.63, 3.8) is 0 Å². The van der Waals surface area contributed by atoms with Crippen LogP contribution in [0.15, 0.2) is 36.5 Å². The van der Waals surface area contributed by atoms with E-state index in [0.29, 0.717) is 6.04 Å². The predicted molar refractivity (Wildman–Crippen MR) is 68.6 cm³/mol. The van der Waals surface area contributed by atoms with Crippen molar-refractivity contribution < 1.29 is 0 Å². The van der Waals surface area contributed by atoms with Gasteiger partial charge in [-0.1, -0.05) is 26.0 Å². The van der Waals surface area contributed by atoms with E-state index in [-0.39, 0.29) is 0 Å². The summed E-state index contributed by atoms with van der Waals surface area (Å²) in [7, 11) is 0. The average molecular weight is 214 g/mol. The zero-order chi connectivity index (χ0) is 11.4. The second-order valence-electron chi connectivity index (χ2n) is 4.39. The molecule has 0 saturated carbocycles. The lowest BCUT2D eigenvalue weighted by molar-refractivity contribution is 0.590. The second kappa shape index (κ2) is 5.08. The summed E-state index contributed by atoms with van der Waals surface area (Å²) < 4.78 is 0. The van der Waals surface area contributed by atoms with Gasteiger partial charge in [-0.15, -0.1) is 0 Å². The van der Waals surface area contributed by atoms with E-state index in [9.17, 15) is 0 Å². The largest absolute Gasteiger partial charge is 0.314 e. The van der Waals surface area contributed by atoms with Crippen LogP contribution in [-0.2, 0) is 6.42 Å². The molecule has 2 aromatic rings. The third-order valence-corrected chi connectivity index (χ3v) is 2.63. The van der Waals surface area contributed by atoms with Crippen LogP contribution >= 0.6 is 0 Å². The number of nitrogens with one attached hydrogen (secondary N) is 1. The summed E-state index contributed by atoms with van der Waals surface area (Å²) in [5.74, 6) is 0. The van der Waals surface area contributed by atoms with Crippen LogP contribution < -0.4 is 5.32 Å². The van der Waals surface area contributed by atoms with Gasteiger partial charge in [0.1, 0.15) is 0 Å². The van der Waals surface area contributed by atoms with Gasteiger partial charge in [0.25, 0.3) is 0 Å². The molecule has 0 unspecified atom stereocenters. The molecule has 1 aromatic heterocycles. The smallest absolute Gasteiger partial charge is 0.0702 e. The zero-order valence-corrected chi connectivity index (χ0v) is 9.90. The van der Waals surface area contributed by atoms with Gasteiger partial charge in [0, 0.05) is 17.6 Å². The Kier molecular flexibility index (Phi) is 3.52. The normalized spacial score (nSPS) is 11.2. The molecule has 0 saturated heterocycles. The predicted octanol–water partition coefficient (Wildman–Crippen LogP) is 2.78. The molecule has 0 aliphatic carbocycles. The summed E-state index contributed by atoms with van der Waals surface area (Å²) >= 11 is 0. The van der Waals surface area contributed by atoms with E-state index in [2.05, 4.69) is 48.4 Å². The molecule has 0 aliphatic rings. The third kappa shape index (κ3) is 2.80. The Hall–Kier alpha value is -1.41. The Morgan fingerprint density at radius 1 is 1.25 bits per heavy atom. The fraction of sp³-hybridized carbons (Fsp3) is 0.357. The van der Waals surface area contributed by atoms with E-state index in [4.69, 9.17) is 0 Å². The van der Waals surface area contributed by atoms with Gasteiger partial charge in [-0.05, 0) is 36.7 Å². The number of benzene rings is 1. The third-order valence-electron chi connectivity index (χ3n) is 2.63. The zero-order valence-electron chi connectivity index (χ0n) is 9.90. The highest BCUT2D eigenvalue weighted by atomic mass is 14.9. The molecule has 0 spiro atoms. The molecule has 2 rings (SSSR count). The number of hydrogen-bond donors (Lipinski definition) is 1. The standard InChI is InChI=1S/C14H18N2/c1-11(2)15-9-7-12-5-6-14-13(10-12)4-3-8-16-14/h3-6,8,10-11,15H,7,9H2,1-2H3. The Labute approximate surface area is 96.7 Å². The molecule has 1 N–H and O–H groups in total. The number of rotatable bonds is 4. The van der Waals surface area contributed by atoms with Crippen LogP contribution in [0.3, 0.4) is 0 Å². The number of fused-ring (bicyclic) bond motifs is 1. The summed E-state index contributed by atoms with van der Waals surface area (Å²) in [5.41, 5.74) is 2.44. The average Bonchev–Trinajstić information content (AvgIpc) is 2.28. The van der Waals surface area contributed by atoms with Crippen molar-refractivity contribution in [1.82, 2.24) is 10.3 Å². The maximum atomic E-state index is 4.32. The molecule has 84 valence electrons. The van der Waals surface area contributed by atoms with Crippen LogP contribution in [0.5, 0.6) is 0 Å². The van der Waals surface area contributed by atoms with Crippen LogP contribution in [0.4, 0.5) is 0 Å². The van der Waals surface area contributed by atoms with Crippen molar-refractivity contribution in [3.8, 4) is 0 Å². The number of hydrogen-bond acceptors (Lipinski definition) is 2. The molecule has 0 atom stereocenters. The molecule has 0 aliphatic heterocycles. The van der Waals surface area contributed by atoms with Gasteiger partial charge < -0.3 is 5.32 Å². The molecule has 0 fully saturated rings. The summed E-state index contributed by atoms with van der Waals surface area (Å²) in [4.78, 5) is 4.32. The topological polar surface area (TPSA) is 24.9 Å². The van der Waals surface area contributed by atoms with Crippen LogP contribution in [0.25, 0.3) is 10.9 Å². The molecule has 2 nitrogen and oxygen atoms in total. The van der Waals surface area contributed by atoms with E-state index in [1.54, 1.807) is 0 Å². The van der Waals surface area contributed by atoms with Gasteiger partial charge in [-0.2, -0.15) is 0 Å². The Balaban J connectivity index is 2.08. The highest BCUT2D eigenvalue weighted by Crippen LogP contribution is 2.13. The van der Waals surface area contributed by atoms with Gasteiger partial charge in [-0.25, -0.2) is 0 Å². The fourth-order valence-corrected chi connectivity index (χ4v) is 1.79. The number of aromatic nitrogens is 1. The van der Waals surface area contributed by atoms with E-state index in [0.717, 1.165) is 18.5 Å². The second-order valence-corrected chi connectivity index (χ2v) is 4.39. The maximum Gasteiger partial charge on any atom is 0.0702 e. The van der Waals surface area contributed by atoms with Crippen molar-refractivity contribution >= 4 is 10.9 Å². The summed E-state index contributed by atoms with van der Waals surface area (Å²) in [6.45, 7) is 5.37. The van der Waals surface area contributed by atoms with Crippen molar-refractivity contribution in [2.75, 3.05) is 6.54 Å². The minimum Gasteiger partial charge on any atom is -0.314 e. The summed E-state index contributed by atoms with van der Waals surface area (Å²) in [5, 5.41) is 4.65. The van der Waals surface area contributed by atoms with E-state index in [1.807, 2.05) is 12.3 Å². The van der Waals surface area contributed by atoms with Crippen molar-refractivity contribution in [1.29, 1.82) is 0 Å². The number of nitrogens with zero attached hydrogens (tertiary/aromatic N) is 1. The lowest BCUT2D eigenvalue weighted by Gasteiger charge is -2.08. The van der Waals surface area contributed by atoms with Crippen LogP contribution in [0.1, 0.15) is 19.4 Å². The highest BCUT2D eigenvalue weighted by Gasteiger charge is 1.97. The molecule has 0 amide bonds. The summed E-state index contributed by atoms with van der Waals surface area (Å²) in [6, 6.07) is 11.1. The molecule has 0 bridgehead atoms. The highest BCUT2D eigenvalue weighted by molar-refractivity contribution is 5.78. The lowest BCUT2D eigenvalue weighted by atomic mass is 10.1. The molecule has 1 heterocycles. The monoisotopic (exact) mass is 214 g/mol. The fourth-order valence-electron chi connectivity index (χ4n) is 1.79. The van der Waals surface area contributed by atoms with Crippen molar-refractivity contribution in [3.05, 3.63) is 42.1 Å². The molecular weight excluding hydrogens is 196 g/mol. The van der Waals surface area contributed by atoms with Gasteiger partial charge in [0.15, 0.2) is 0 Å². The first kappa shape index (κ1) is 11.1. The van der Waals surface area contributed by atoms with Gasteiger partial charge >= 0.3 is 0 Å². The first-order valence-corrected chi connectivity index (χ1v) is 5.83. The van der Waals surface area contributed by atoms with E-state index in [1.165, 1.54) is 10.9 Å². The Morgan fingerprint density at radius 2 is 2.12 bits per heavy atom. The van der Waals surface area contributed by atoms with Crippen molar-refractivity contribution in [2.24, 2.45) is 0 Å². The SMILES string of the molecule is CC(C)NCCc1ccc2ncccc2c1. The molecule has 16 heavy (non-hydrogen) atoms. The van der Waals surface area contributed by atoms with Gasteiger partial charge in [0.2, 0.25) is 0 Å².